The van der Waals surface area contributed by atoms with E-state index >= 15 is 0 Å². The monoisotopic (exact) mass is 454 g/mol. The Bertz CT molecular complexity index is 996. The molecular formula is C22H25F3N2O5. The van der Waals surface area contributed by atoms with Crippen LogP contribution in [0.1, 0.15) is 54.1 Å². The second-order valence-corrected chi connectivity index (χ2v) is 7.35. The molecule has 1 N–H and O–H groups in total. The molecule has 0 aliphatic heterocycles. The predicted molar refractivity (Wildman–Crippen MR) is 110 cm³/mol. The molecule has 2 aromatic rings. The van der Waals surface area contributed by atoms with Crippen LogP contribution in [0.2, 0.25) is 0 Å². The van der Waals surface area contributed by atoms with E-state index in [9.17, 15) is 27.6 Å². The van der Waals surface area contributed by atoms with Gasteiger partial charge in [-0.05, 0) is 43.7 Å². The Balaban J connectivity index is 2.36. The number of aromatic nitrogens is 1. The maximum Gasteiger partial charge on any atom is 0.418 e. The van der Waals surface area contributed by atoms with Crippen molar-refractivity contribution in [3.8, 4) is 0 Å². The van der Waals surface area contributed by atoms with Crippen LogP contribution in [0.25, 0.3) is 0 Å². The number of rotatable bonds is 8. The zero-order valence-corrected chi connectivity index (χ0v) is 18.2. The summed E-state index contributed by atoms with van der Waals surface area (Å²) in [5, 5.41) is 2.33. The van der Waals surface area contributed by atoms with E-state index in [4.69, 9.17) is 4.74 Å². The van der Waals surface area contributed by atoms with Gasteiger partial charge in [0.15, 0.2) is 0 Å². The Kier molecular flexibility index (Phi) is 8.07. The van der Waals surface area contributed by atoms with Gasteiger partial charge in [0, 0.05) is 25.1 Å². The summed E-state index contributed by atoms with van der Waals surface area (Å²) in [4.78, 5) is 35.4. The molecule has 0 aliphatic carbocycles. The lowest BCUT2D eigenvalue weighted by Gasteiger charge is -2.19. The van der Waals surface area contributed by atoms with Crippen molar-refractivity contribution in [2.75, 3.05) is 19.0 Å². The fourth-order valence-electron chi connectivity index (χ4n) is 3.27. The van der Waals surface area contributed by atoms with Gasteiger partial charge in [-0.25, -0.2) is 0 Å². The van der Waals surface area contributed by atoms with Gasteiger partial charge in [0.25, 0.3) is 5.91 Å². The Morgan fingerprint density at radius 1 is 1.12 bits per heavy atom. The molecule has 0 saturated carbocycles. The number of anilines is 1. The first-order chi connectivity index (χ1) is 14.9. The number of carbonyl (C=O) groups is 3. The fourth-order valence-corrected chi connectivity index (χ4v) is 3.27. The summed E-state index contributed by atoms with van der Waals surface area (Å²) in [5.74, 6) is -1.79. The van der Waals surface area contributed by atoms with Gasteiger partial charge >= 0.3 is 18.1 Å². The second kappa shape index (κ2) is 10.3. The van der Waals surface area contributed by atoms with Crippen LogP contribution in [0, 0.1) is 0 Å². The van der Waals surface area contributed by atoms with E-state index in [1.807, 2.05) is 13.8 Å². The number of alkyl halides is 3. The molecular weight excluding hydrogens is 429 g/mol. The molecule has 2 rings (SSSR count). The van der Waals surface area contributed by atoms with Crippen LogP contribution in [0.15, 0.2) is 30.3 Å². The van der Waals surface area contributed by atoms with Crippen molar-refractivity contribution in [2.45, 2.75) is 45.8 Å². The second-order valence-electron chi connectivity index (χ2n) is 7.35. The Labute approximate surface area is 183 Å². The molecule has 10 heteroatoms. The Morgan fingerprint density at radius 2 is 1.81 bits per heavy atom. The van der Waals surface area contributed by atoms with Gasteiger partial charge < -0.3 is 19.4 Å². The molecule has 7 nitrogen and oxygen atoms in total. The number of hydrogen-bond donors (Lipinski definition) is 1. The normalized spacial score (nSPS) is 11.4. The van der Waals surface area contributed by atoms with Crippen LogP contribution in [-0.4, -0.2) is 36.1 Å². The van der Waals surface area contributed by atoms with Crippen molar-refractivity contribution in [3.63, 3.8) is 0 Å². The van der Waals surface area contributed by atoms with Gasteiger partial charge in [0.05, 0.1) is 31.4 Å². The van der Waals surface area contributed by atoms with Crippen LogP contribution >= 0.6 is 0 Å². The number of nitrogens with zero attached hydrogens (tertiary/aromatic N) is 1. The van der Waals surface area contributed by atoms with E-state index in [2.05, 4.69) is 10.1 Å². The highest BCUT2D eigenvalue weighted by atomic mass is 19.4. The molecule has 1 aromatic heterocycles. The smallest absolute Gasteiger partial charge is 0.418 e. The summed E-state index contributed by atoms with van der Waals surface area (Å²) >= 11 is 0. The average Bonchev–Trinajstić information content (AvgIpc) is 3.11. The minimum Gasteiger partial charge on any atom is -0.469 e. The number of benzene rings is 1. The number of esters is 2. The molecule has 0 aliphatic rings. The van der Waals surface area contributed by atoms with E-state index in [0.717, 1.165) is 12.1 Å². The molecule has 32 heavy (non-hydrogen) atoms. The fraction of sp³-hybridized carbons (Fsp3) is 0.409. The zero-order chi connectivity index (χ0) is 24.1. The van der Waals surface area contributed by atoms with Gasteiger partial charge in [-0.1, -0.05) is 6.07 Å². The number of nitrogens with one attached hydrogen (secondary N) is 1. The highest BCUT2D eigenvalue weighted by Crippen LogP contribution is 2.36. The number of halogens is 3. The molecule has 0 spiro atoms. The maximum atomic E-state index is 13.5. The molecule has 0 atom stereocenters. The lowest BCUT2D eigenvalue weighted by atomic mass is 10.1. The lowest BCUT2D eigenvalue weighted by molar-refractivity contribution is -0.141. The van der Waals surface area contributed by atoms with E-state index in [-0.39, 0.29) is 30.3 Å². The number of amides is 1. The maximum absolute atomic E-state index is 13.5. The molecule has 1 amide bonds. The van der Waals surface area contributed by atoms with Crippen LogP contribution in [0.3, 0.4) is 0 Å². The summed E-state index contributed by atoms with van der Waals surface area (Å²) in [5.41, 5.74) is -0.369. The van der Waals surface area contributed by atoms with Crippen molar-refractivity contribution >= 4 is 23.5 Å². The van der Waals surface area contributed by atoms with Gasteiger partial charge in [0.1, 0.15) is 5.69 Å². The van der Waals surface area contributed by atoms with E-state index < -0.39 is 35.3 Å². The molecule has 0 radical (unpaired) electrons. The first-order valence-electron chi connectivity index (χ1n) is 9.85. The topological polar surface area (TPSA) is 86.6 Å². The largest absolute Gasteiger partial charge is 0.469 e. The molecule has 0 unspecified atom stereocenters. The van der Waals surface area contributed by atoms with Gasteiger partial charge in [-0.15, -0.1) is 0 Å². The SMILES string of the molecule is COC(=O)Cc1ccc(C(F)(F)F)c(NC(=O)c2ccc(CCOC(C)=O)n2C(C)C)c1. The quantitative estimate of drug-likeness (QED) is 0.606. The van der Waals surface area contributed by atoms with Crippen LogP contribution in [0.5, 0.6) is 0 Å². The van der Waals surface area contributed by atoms with E-state index in [0.29, 0.717) is 12.1 Å². The van der Waals surface area contributed by atoms with Gasteiger partial charge in [-0.3, -0.25) is 14.4 Å². The highest BCUT2D eigenvalue weighted by molar-refractivity contribution is 6.04. The van der Waals surface area contributed by atoms with Crippen molar-refractivity contribution in [1.29, 1.82) is 0 Å². The number of methoxy groups -OCH3 is 1. The zero-order valence-electron chi connectivity index (χ0n) is 18.2. The summed E-state index contributed by atoms with van der Waals surface area (Å²) in [7, 11) is 1.17. The van der Waals surface area contributed by atoms with E-state index in [1.54, 1.807) is 10.6 Å². The number of ether oxygens (including phenoxy) is 2. The minimum absolute atomic E-state index is 0.112. The van der Waals surface area contributed by atoms with Crippen LogP contribution in [0.4, 0.5) is 18.9 Å². The third-order valence-corrected chi connectivity index (χ3v) is 4.63. The average molecular weight is 454 g/mol. The number of hydrogen-bond acceptors (Lipinski definition) is 5. The molecule has 174 valence electrons. The number of carbonyl (C=O) groups excluding carboxylic acids is 3. The van der Waals surface area contributed by atoms with E-state index in [1.165, 1.54) is 26.2 Å². The first kappa shape index (κ1) is 25.0. The first-order valence-corrected chi connectivity index (χ1v) is 9.85. The molecule has 1 aromatic carbocycles. The van der Waals surface area contributed by atoms with Crippen LogP contribution < -0.4 is 5.32 Å². The summed E-state index contributed by atoms with van der Waals surface area (Å²) in [6.07, 6.45) is -4.60. The summed E-state index contributed by atoms with van der Waals surface area (Å²) in [6.45, 7) is 5.04. The molecule has 0 fully saturated rings. The minimum atomic E-state index is -4.71. The van der Waals surface area contributed by atoms with Crippen molar-refractivity contribution in [3.05, 3.63) is 52.8 Å². The highest BCUT2D eigenvalue weighted by Gasteiger charge is 2.34. The molecule has 1 heterocycles. The van der Waals surface area contributed by atoms with Crippen LogP contribution in [-0.2, 0) is 38.1 Å². The standard InChI is InChI=1S/C22H25F3N2O5/c1-13(2)27-16(9-10-32-14(3)28)6-8-19(27)21(30)26-18-11-15(12-20(29)31-4)5-7-17(18)22(23,24)25/h5-8,11,13H,9-10,12H2,1-4H3,(H,26,30). The third-order valence-electron chi connectivity index (χ3n) is 4.63. The van der Waals surface area contributed by atoms with Gasteiger partial charge in [-0.2, -0.15) is 13.2 Å². The third kappa shape index (κ3) is 6.35. The summed E-state index contributed by atoms with van der Waals surface area (Å²) in [6, 6.07) is 6.09. The Morgan fingerprint density at radius 3 is 2.38 bits per heavy atom. The molecule has 0 saturated heterocycles. The predicted octanol–water partition coefficient (Wildman–Crippen LogP) is 4.16. The van der Waals surface area contributed by atoms with Crippen molar-refractivity contribution in [1.82, 2.24) is 4.57 Å². The Hall–Kier alpha value is -3.30. The molecule has 0 bridgehead atoms. The van der Waals surface area contributed by atoms with Crippen molar-refractivity contribution in [2.24, 2.45) is 0 Å². The van der Waals surface area contributed by atoms with Gasteiger partial charge in [0.2, 0.25) is 0 Å². The summed E-state index contributed by atoms with van der Waals surface area (Å²) < 4.78 is 51.6. The lowest BCUT2D eigenvalue weighted by Crippen LogP contribution is -2.22. The van der Waals surface area contributed by atoms with Crippen molar-refractivity contribution < 1.29 is 37.0 Å².